The van der Waals surface area contributed by atoms with E-state index in [1.807, 2.05) is 51.1 Å². The highest BCUT2D eigenvalue weighted by Gasteiger charge is 2.16. The Labute approximate surface area is 147 Å². The van der Waals surface area contributed by atoms with Crippen molar-refractivity contribution in [1.82, 2.24) is 9.88 Å². The number of rotatable bonds is 5. The van der Waals surface area contributed by atoms with Gasteiger partial charge in [0, 0.05) is 19.3 Å². The number of nitrogens with zero attached hydrogens (tertiary/aromatic N) is 3. The van der Waals surface area contributed by atoms with E-state index in [2.05, 4.69) is 11.1 Å². The van der Waals surface area contributed by atoms with E-state index >= 15 is 0 Å². The first-order valence-corrected chi connectivity index (χ1v) is 8.71. The number of carbonyl (C=O) groups excluding carboxylic acids is 1. The second kappa shape index (κ2) is 7.98. The van der Waals surface area contributed by atoms with Crippen LogP contribution in [0.15, 0.2) is 35.4 Å². The van der Waals surface area contributed by atoms with Crippen molar-refractivity contribution in [3.63, 3.8) is 0 Å². The van der Waals surface area contributed by atoms with E-state index in [0.717, 1.165) is 22.4 Å². The Kier molecular flexibility index (Phi) is 5.99. The van der Waals surface area contributed by atoms with Gasteiger partial charge in [-0.2, -0.15) is 5.26 Å². The monoisotopic (exact) mass is 339 g/mol. The summed E-state index contributed by atoms with van der Waals surface area (Å²) in [5.41, 5.74) is 4.54. The summed E-state index contributed by atoms with van der Waals surface area (Å²) >= 11 is 1.33. The van der Waals surface area contributed by atoms with Crippen molar-refractivity contribution in [3.8, 4) is 6.07 Å². The SMILES string of the molecule is Cc1nc(SCC(=O)N(C)Cc2ccccc2)c(C#N)c(C)c1C. The molecule has 4 nitrogen and oxygen atoms in total. The lowest BCUT2D eigenvalue weighted by Crippen LogP contribution is -2.27. The highest BCUT2D eigenvalue weighted by Crippen LogP contribution is 2.26. The van der Waals surface area contributed by atoms with Gasteiger partial charge in [-0.3, -0.25) is 4.79 Å². The molecule has 0 spiro atoms. The number of thioether (sulfide) groups is 1. The minimum absolute atomic E-state index is 0.0189. The molecule has 0 atom stereocenters. The quantitative estimate of drug-likeness (QED) is 0.781. The number of benzene rings is 1. The molecule has 5 heteroatoms. The predicted molar refractivity (Wildman–Crippen MR) is 96.8 cm³/mol. The van der Waals surface area contributed by atoms with Crippen LogP contribution in [0.5, 0.6) is 0 Å². The van der Waals surface area contributed by atoms with Crippen LogP contribution < -0.4 is 0 Å². The van der Waals surface area contributed by atoms with Crippen molar-refractivity contribution in [2.75, 3.05) is 12.8 Å². The summed E-state index contributed by atoms with van der Waals surface area (Å²) in [6, 6.07) is 12.1. The maximum Gasteiger partial charge on any atom is 0.233 e. The molecule has 0 aliphatic heterocycles. The summed E-state index contributed by atoms with van der Waals surface area (Å²) in [6.45, 7) is 6.39. The van der Waals surface area contributed by atoms with Gasteiger partial charge < -0.3 is 4.90 Å². The summed E-state index contributed by atoms with van der Waals surface area (Å²) in [5.74, 6) is 0.290. The highest BCUT2D eigenvalue weighted by atomic mass is 32.2. The van der Waals surface area contributed by atoms with Crippen LogP contribution in [-0.2, 0) is 11.3 Å². The van der Waals surface area contributed by atoms with Crippen molar-refractivity contribution in [2.45, 2.75) is 32.3 Å². The van der Waals surface area contributed by atoms with E-state index in [4.69, 9.17) is 0 Å². The molecule has 0 fully saturated rings. The Morgan fingerprint density at radius 3 is 2.50 bits per heavy atom. The Bertz CT molecular complexity index is 781. The van der Waals surface area contributed by atoms with Gasteiger partial charge in [-0.05, 0) is 37.5 Å². The normalized spacial score (nSPS) is 10.3. The molecule has 24 heavy (non-hydrogen) atoms. The Morgan fingerprint density at radius 2 is 1.88 bits per heavy atom. The van der Waals surface area contributed by atoms with Crippen LogP contribution in [0.4, 0.5) is 0 Å². The van der Waals surface area contributed by atoms with Gasteiger partial charge >= 0.3 is 0 Å². The summed E-state index contributed by atoms with van der Waals surface area (Å²) in [6.07, 6.45) is 0. The van der Waals surface area contributed by atoms with Crippen molar-refractivity contribution in [2.24, 2.45) is 0 Å². The number of aromatic nitrogens is 1. The minimum atomic E-state index is 0.0189. The Balaban J connectivity index is 2.05. The third-order valence-electron chi connectivity index (χ3n) is 4.10. The van der Waals surface area contributed by atoms with Gasteiger partial charge in [-0.1, -0.05) is 42.1 Å². The number of nitriles is 1. The van der Waals surface area contributed by atoms with Gasteiger partial charge in [0.2, 0.25) is 5.91 Å². The van der Waals surface area contributed by atoms with E-state index in [1.165, 1.54) is 11.8 Å². The Morgan fingerprint density at radius 1 is 1.21 bits per heavy atom. The molecule has 1 aromatic heterocycles. The maximum absolute atomic E-state index is 12.4. The maximum atomic E-state index is 12.4. The zero-order chi connectivity index (χ0) is 17.7. The molecular weight excluding hydrogens is 318 g/mol. The van der Waals surface area contributed by atoms with Crippen LogP contribution in [-0.4, -0.2) is 28.6 Å². The molecule has 1 aromatic carbocycles. The number of carbonyl (C=O) groups is 1. The number of amides is 1. The summed E-state index contributed by atoms with van der Waals surface area (Å²) in [7, 11) is 1.79. The van der Waals surface area contributed by atoms with E-state index in [-0.39, 0.29) is 11.7 Å². The van der Waals surface area contributed by atoms with Gasteiger partial charge in [0.05, 0.1) is 11.3 Å². The van der Waals surface area contributed by atoms with Crippen molar-refractivity contribution in [3.05, 3.63) is 58.3 Å². The van der Waals surface area contributed by atoms with Crippen LogP contribution >= 0.6 is 11.8 Å². The molecule has 2 rings (SSSR count). The fourth-order valence-electron chi connectivity index (χ4n) is 2.33. The standard InChI is InChI=1S/C19H21N3OS/c1-13-14(2)17(10-20)19(21-15(13)3)24-12-18(23)22(4)11-16-8-6-5-7-9-16/h5-9H,11-12H2,1-4H3. The molecule has 0 aliphatic carbocycles. The molecule has 124 valence electrons. The zero-order valence-corrected chi connectivity index (χ0v) is 15.3. The average molecular weight is 339 g/mol. The van der Waals surface area contributed by atoms with Crippen LogP contribution in [0.3, 0.4) is 0 Å². The fraction of sp³-hybridized carbons (Fsp3) is 0.316. The van der Waals surface area contributed by atoms with Crippen LogP contribution in [0.2, 0.25) is 0 Å². The molecule has 0 unspecified atom stereocenters. The molecule has 1 amide bonds. The number of hydrogen-bond acceptors (Lipinski definition) is 4. The largest absolute Gasteiger partial charge is 0.341 e. The minimum Gasteiger partial charge on any atom is -0.341 e. The third-order valence-corrected chi connectivity index (χ3v) is 5.06. The molecule has 0 radical (unpaired) electrons. The highest BCUT2D eigenvalue weighted by molar-refractivity contribution is 8.00. The van der Waals surface area contributed by atoms with Crippen LogP contribution in [0.1, 0.15) is 27.9 Å². The van der Waals surface area contributed by atoms with Gasteiger partial charge in [-0.15, -0.1) is 0 Å². The summed E-state index contributed by atoms with van der Waals surface area (Å²) in [4.78, 5) is 18.5. The molecule has 1 heterocycles. The molecule has 0 N–H and O–H groups in total. The van der Waals surface area contributed by atoms with E-state index in [1.54, 1.807) is 11.9 Å². The van der Waals surface area contributed by atoms with E-state index < -0.39 is 0 Å². The lowest BCUT2D eigenvalue weighted by molar-refractivity contribution is -0.127. The second-order valence-electron chi connectivity index (χ2n) is 5.76. The number of hydrogen-bond donors (Lipinski definition) is 0. The third kappa shape index (κ3) is 4.15. The van der Waals surface area contributed by atoms with Gasteiger partial charge in [0.1, 0.15) is 11.1 Å². The first-order valence-electron chi connectivity index (χ1n) is 7.72. The van der Waals surface area contributed by atoms with E-state index in [9.17, 15) is 10.1 Å². The molecule has 0 bridgehead atoms. The lowest BCUT2D eigenvalue weighted by atomic mass is 10.1. The van der Waals surface area contributed by atoms with Crippen LogP contribution in [0, 0.1) is 32.1 Å². The second-order valence-corrected chi connectivity index (χ2v) is 6.73. The summed E-state index contributed by atoms with van der Waals surface area (Å²) < 4.78 is 0. The van der Waals surface area contributed by atoms with Crippen molar-refractivity contribution < 1.29 is 4.79 Å². The van der Waals surface area contributed by atoms with Gasteiger partial charge in [-0.25, -0.2) is 4.98 Å². The molecule has 0 saturated heterocycles. The number of aryl methyl sites for hydroxylation is 1. The lowest BCUT2D eigenvalue weighted by Gasteiger charge is -2.17. The average Bonchev–Trinajstić information content (AvgIpc) is 2.58. The van der Waals surface area contributed by atoms with Gasteiger partial charge in [0.25, 0.3) is 0 Å². The van der Waals surface area contributed by atoms with Crippen molar-refractivity contribution >= 4 is 17.7 Å². The fourth-order valence-corrected chi connectivity index (χ4v) is 3.36. The molecular formula is C19H21N3OS. The molecule has 2 aromatic rings. The van der Waals surface area contributed by atoms with Crippen LogP contribution in [0.25, 0.3) is 0 Å². The summed E-state index contributed by atoms with van der Waals surface area (Å²) in [5, 5.41) is 10.0. The zero-order valence-electron chi connectivity index (χ0n) is 14.5. The smallest absolute Gasteiger partial charge is 0.233 e. The van der Waals surface area contributed by atoms with Crippen molar-refractivity contribution in [1.29, 1.82) is 5.26 Å². The van der Waals surface area contributed by atoms with E-state index in [0.29, 0.717) is 17.1 Å². The van der Waals surface area contributed by atoms with Gasteiger partial charge in [0.15, 0.2) is 0 Å². The first kappa shape index (κ1) is 18.0. The topological polar surface area (TPSA) is 57.0 Å². The molecule has 0 saturated carbocycles. The molecule has 0 aliphatic rings. The predicted octanol–water partition coefficient (Wildman–Crippen LogP) is 3.63. The first-order chi connectivity index (χ1) is 11.4. The Hall–Kier alpha value is -2.32. The number of pyridine rings is 1.